The van der Waals surface area contributed by atoms with Crippen molar-refractivity contribution in [2.45, 2.75) is 19.6 Å². The van der Waals surface area contributed by atoms with E-state index in [1.54, 1.807) is 0 Å². The van der Waals surface area contributed by atoms with Gasteiger partial charge in [-0.2, -0.15) is 0 Å². The van der Waals surface area contributed by atoms with Crippen LogP contribution in [0.25, 0.3) is 11.3 Å². The summed E-state index contributed by atoms with van der Waals surface area (Å²) in [6.45, 7) is 1.26. The topological polar surface area (TPSA) is 125 Å². The van der Waals surface area contributed by atoms with Crippen LogP contribution in [-0.2, 0) is 16.1 Å². The molecule has 1 aromatic heterocycles. The molecule has 1 amide bonds. The van der Waals surface area contributed by atoms with Crippen molar-refractivity contribution in [2.24, 2.45) is 0 Å². The van der Waals surface area contributed by atoms with Crippen LogP contribution >= 0.6 is 0 Å². The van der Waals surface area contributed by atoms with Gasteiger partial charge in [-0.15, -0.1) is 0 Å². The normalized spacial score (nSPS) is 11.5. The second-order valence-corrected chi connectivity index (χ2v) is 6.09. The first-order valence-electron chi connectivity index (χ1n) is 8.66. The number of nitro groups is 1. The minimum Gasteiger partial charge on any atom is -0.454 e. The highest BCUT2D eigenvalue weighted by Gasteiger charge is 2.20. The van der Waals surface area contributed by atoms with E-state index in [1.165, 1.54) is 31.3 Å². The van der Waals surface area contributed by atoms with E-state index in [0.29, 0.717) is 5.76 Å². The summed E-state index contributed by atoms with van der Waals surface area (Å²) in [5.41, 5.74) is 0.695. The Morgan fingerprint density at radius 2 is 1.97 bits per heavy atom. The van der Waals surface area contributed by atoms with E-state index in [0.717, 1.165) is 11.6 Å². The summed E-state index contributed by atoms with van der Waals surface area (Å²) in [5.74, 6) is -0.554. The number of nitrogens with one attached hydrogen (secondary N) is 1. The van der Waals surface area contributed by atoms with Crippen LogP contribution in [0, 0.1) is 10.1 Å². The molecule has 1 unspecified atom stereocenters. The molecule has 3 aromatic rings. The van der Waals surface area contributed by atoms with Gasteiger partial charge in [0.1, 0.15) is 6.04 Å². The van der Waals surface area contributed by atoms with Crippen molar-refractivity contribution >= 4 is 17.6 Å². The molecule has 9 heteroatoms. The number of esters is 1. The molecule has 9 nitrogen and oxygen atoms in total. The number of nitro benzene ring substituents is 1. The number of amides is 1. The summed E-state index contributed by atoms with van der Waals surface area (Å²) in [7, 11) is 0. The van der Waals surface area contributed by atoms with Crippen molar-refractivity contribution < 1.29 is 23.7 Å². The maximum atomic E-state index is 12.2. The maximum Gasteiger partial charge on any atom is 0.328 e. The highest BCUT2D eigenvalue weighted by atomic mass is 16.6. The van der Waals surface area contributed by atoms with Gasteiger partial charge in [-0.3, -0.25) is 14.9 Å². The minimum atomic E-state index is -0.967. The summed E-state index contributed by atoms with van der Waals surface area (Å²) < 4.78 is 10.7. The Labute approximate surface area is 165 Å². The molecule has 148 valence electrons. The van der Waals surface area contributed by atoms with Crippen molar-refractivity contribution in [2.75, 3.05) is 0 Å². The van der Waals surface area contributed by atoms with Crippen LogP contribution in [0.5, 0.6) is 0 Å². The number of hydrogen-bond donors (Lipinski definition) is 1. The Balaban J connectivity index is 1.54. The Kier molecular flexibility index (Phi) is 5.98. The predicted molar refractivity (Wildman–Crippen MR) is 102 cm³/mol. The van der Waals surface area contributed by atoms with Gasteiger partial charge in [-0.25, -0.2) is 9.78 Å². The largest absolute Gasteiger partial charge is 0.454 e. The zero-order valence-corrected chi connectivity index (χ0v) is 15.4. The van der Waals surface area contributed by atoms with Gasteiger partial charge in [0.2, 0.25) is 5.89 Å². The van der Waals surface area contributed by atoms with Crippen molar-refractivity contribution in [1.82, 2.24) is 10.3 Å². The van der Waals surface area contributed by atoms with Crippen LogP contribution in [0.4, 0.5) is 5.69 Å². The van der Waals surface area contributed by atoms with Gasteiger partial charge in [0.05, 0.1) is 11.1 Å². The minimum absolute atomic E-state index is 0.0686. The Morgan fingerprint density at radius 1 is 1.21 bits per heavy atom. The Morgan fingerprint density at radius 3 is 2.69 bits per heavy atom. The number of hydrogen-bond acceptors (Lipinski definition) is 7. The Bertz CT molecular complexity index is 1030. The fraction of sp³-hybridized carbons (Fsp3) is 0.150. The first-order chi connectivity index (χ1) is 13.9. The van der Waals surface area contributed by atoms with E-state index in [2.05, 4.69) is 10.3 Å². The van der Waals surface area contributed by atoms with Gasteiger partial charge in [-0.05, 0) is 13.0 Å². The number of nitrogens with zero attached hydrogens (tertiary/aromatic N) is 2. The van der Waals surface area contributed by atoms with E-state index in [1.807, 2.05) is 30.3 Å². The molecular formula is C20H17N3O6. The molecule has 0 aliphatic rings. The van der Waals surface area contributed by atoms with E-state index in [9.17, 15) is 19.7 Å². The van der Waals surface area contributed by atoms with Crippen molar-refractivity contribution in [3.05, 3.63) is 82.4 Å². The van der Waals surface area contributed by atoms with Crippen molar-refractivity contribution in [1.29, 1.82) is 0 Å². The third kappa shape index (κ3) is 5.04. The lowest BCUT2D eigenvalue weighted by Crippen LogP contribution is -2.39. The molecule has 0 saturated carbocycles. The van der Waals surface area contributed by atoms with Gasteiger partial charge < -0.3 is 14.5 Å². The highest BCUT2D eigenvalue weighted by Crippen LogP contribution is 2.20. The van der Waals surface area contributed by atoms with E-state index >= 15 is 0 Å². The van der Waals surface area contributed by atoms with Crippen LogP contribution in [-0.4, -0.2) is 27.8 Å². The molecule has 0 bridgehead atoms. The lowest BCUT2D eigenvalue weighted by Gasteiger charge is -2.12. The molecule has 0 fully saturated rings. The van der Waals surface area contributed by atoms with E-state index < -0.39 is 22.8 Å². The summed E-state index contributed by atoms with van der Waals surface area (Å²) in [5, 5.41) is 13.2. The van der Waals surface area contributed by atoms with E-state index in [-0.39, 0.29) is 23.7 Å². The van der Waals surface area contributed by atoms with Crippen molar-refractivity contribution in [3.63, 3.8) is 0 Å². The lowest BCUT2D eigenvalue weighted by atomic mass is 10.2. The quantitative estimate of drug-likeness (QED) is 0.370. The summed E-state index contributed by atoms with van der Waals surface area (Å²) in [6, 6.07) is 13.6. The monoisotopic (exact) mass is 395 g/mol. The van der Waals surface area contributed by atoms with Crippen LogP contribution in [0.2, 0.25) is 0 Å². The molecular weight excluding hydrogens is 378 g/mol. The number of non-ortho nitro benzene ring substituents is 1. The van der Waals surface area contributed by atoms with Crippen LogP contribution in [0.3, 0.4) is 0 Å². The number of ether oxygens (including phenoxy) is 1. The SMILES string of the molecule is CC(NC(=O)c1cccc([N+](=O)[O-])c1)C(=O)OCc1ncc(-c2ccccc2)o1. The first-order valence-corrected chi connectivity index (χ1v) is 8.66. The number of oxazole rings is 1. The molecule has 0 saturated heterocycles. The Hall–Kier alpha value is -4.01. The number of aromatic nitrogens is 1. The summed E-state index contributed by atoms with van der Waals surface area (Å²) in [4.78, 5) is 38.6. The predicted octanol–water partition coefficient (Wildman–Crippen LogP) is 3.11. The molecule has 0 aliphatic heterocycles. The molecule has 1 atom stereocenters. The first kappa shape index (κ1) is 19.7. The zero-order valence-electron chi connectivity index (χ0n) is 15.4. The standard InChI is InChI=1S/C20H17N3O6/c1-13(22-19(24)15-8-5-9-16(10-15)23(26)27)20(25)28-12-18-21-11-17(29-18)14-6-3-2-4-7-14/h2-11,13H,12H2,1H3,(H,22,24). The maximum absolute atomic E-state index is 12.2. The van der Waals surface area contributed by atoms with Gasteiger partial charge in [0.15, 0.2) is 12.4 Å². The van der Waals surface area contributed by atoms with Gasteiger partial charge in [0, 0.05) is 23.3 Å². The number of carbonyl (C=O) groups excluding carboxylic acids is 2. The van der Waals surface area contributed by atoms with Crippen LogP contribution in [0.15, 0.2) is 65.2 Å². The van der Waals surface area contributed by atoms with E-state index in [4.69, 9.17) is 9.15 Å². The van der Waals surface area contributed by atoms with Gasteiger partial charge in [-0.1, -0.05) is 36.4 Å². The average molecular weight is 395 g/mol. The fourth-order valence-corrected chi connectivity index (χ4v) is 2.47. The number of benzene rings is 2. The average Bonchev–Trinajstić information content (AvgIpc) is 3.21. The second kappa shape index (κ2) is 8.79. The fourth-order valence-electron chi connectivity index (χ4n) is 2.47. The highest BCUT2D eigenvalue weighted by molar-refractivity contribution is 5.97. The molecule has 0 aliphatic carbocycles. The van der Waals surface area contributed by atoms with Crippen LogP contribution in [0.1, 0.15) is 23.2 Å². The summed E-state index contributed by atoms with van der Waals surface area (Å²) >= 11 is 0. The molecule has 29 heavy (non-hydrogen) atoms. The molecule has 3 rings (SSSR count). The van der Waals surface area contributed by atoms with Crippen LogP contribution < -0.4 is 5.32 Å². The number of rotatable bonds is 7. The third-order valence-corrected chi connectivity index (χ3v) is 3.97. The molecule has 0 spiro atoms. The molecule has 0 radical (unpaired) electrons. The third-order valence-electron chi connectivity index (χ3n) is 3.97. The molecule has 1 heterocycles. The zero-order chi connectivity index (χ0) is 20.8. The van der Waals surface area contributed by atoms with Crippen molar-refractivity contribution in [3.8, 4) is 11.3 Å². The molecule has 1 N–H and O–H groups in total. The molecule has 2 aromatic carbocycles. The summed E-state index contributed by atoms with van der Waals surface area (Å²) in [6.07, 6.45) is 1.53. The number of carbonyl (C=O) groups is 2. The second-order valence-electron chi connectivity index (χ2n) is 6.09. The van der Waals surface area contributed by atoms with Gasteiger partial charge >= 0.3 is 5.97 Å². The van der Waals surface area contributed by atoms with Gasteiger partial charge in [0.25, 0.3) is 11.6 Å². The smallest absolute Gasteiger partial charge is 0.328 e. The lowest BCUT2D eigenvalue weighted by molar-refractivity contribution is -0.384.